The van der Waals surface area contributed by atoms with Gasteiger partial charge in [0.25, 0.3) is 5.91 Å². The smallest absolute Gasteiger partial charge is 0.321 e. The molecule has 2 unspecified atom stereocenters. The predicted molar refractivity (Wildman–Crippen MR) is 95.4 cm³/mol. The summed E-state index contributed by atoms with van der Waals surface area (Å²) < 4.78 is 1.54. The monoisotopic (exact) mass is 385 g/mol. The molecule has 3 N–H and O–H groups in total. The Morgan fingerprint density at radius 1 is 1.21 bits per heavy atom. The van der Waals surface area contributed by atoms with Crippen molar-refractivity contribution in [3.8, 4) is 5.82 Å². The number of carbonyl (C=O) groups excluding carboxylic acids is 3. The van der Waals surface area contributed by atoms with Crippen molar-refractivity contribution in [1.82, 2.24) is 40.7 Å². The van der Waals surface area contributed by atoms with Crippen LogP contribution in [0.25, 0.3) is 5.82 Å². The Morgan fingerprint density at radius 3 is 2.86 bits per heavy atom. The van der Waals surface area contributed by atoms with Gasteiger partial charge in [-0.15, -0.1) is 0 Å². The minimum Gasteiger partial charge on any atom is -0.356 e. The summed E-state index contributed by atoms with van der Waals surface area (Å²) in [4.78, 5) is 50.0. The predicted octanol–water partition coefficient (Wildman–Crippen LogP) is -1.40. The molecule has 2 aromatic rings. The van der Waals surface area contributed by atoms with Gasteiger partial charge in [0.2, 0.25) is 5.91 Å². The molecule has 4 heterocycles. The molecule has 28 heavy (non-hydrogen) atoms. The van der Waals surface area contributed by atoms with Crippen molar-refractivity contribution < 1.29 is 14.4 Å². The first-order valence-electron chi connectivity index (χ1n) is 8.91. The van der Waals surface area contributed by atoms with Gasteiger partial charge in [-0.2, -0.15) is 5.10 Å². The second kappa shape index (κ2) is 7.58. The van der Waals surface area contributed by atoms with Gasteiger partial charge in [0.15, 0.2) is 5.82 Å². The molecular formula is C16H19N9O3. The highest BCUT2D eigenvalue weighted by Gasteiger charge is 2.32. The summed E-state index contributed by atoms with van der Waals surface area (Å²) in [5.41, 5.74) is 0. The fraction of sp³-hybridized carbons (Fsp3) is 0.438. The summed E-state index contributed by atoms with van der Waals surface area (Å²) >= 11 is 0. The molecule has 0 spiro atoms. The van der Waals surface area contributed by atoms with Crippen LogP contribution in [0.5, 0.6) is 0 Å². The van der Waals surface area contributed by atoms with Gasteiger partial charge in [0.05, 0.1) is 5.92 Å². The maximum absolute atomic E-state index is 12.6. The molecule has 4 rings (SSSR count). The minimum atomic E-state index is -0.765. The number of aromatic nitrogens is 5. The highest BCUT2D eigenvalue weighted by atomic mass is 16.2. The number of piperidine rings is 1. The van der Waals surface area contributed by atoms with Crippen molar-refractivity contribution in [3.05, 3.63) is 25.0 Å². The SMILES string of the molecule is O=C1NCC(NC(=O)C2CCCN(c3cc(-n4cncn4)ncn3)C2)C(=O)N1. The van der Waals surface area contributed by atoms with Gasteiger partial charge < -0.3 is 15.5 Å². The molecule has 0 radical (unpaired) electrons. The molecule has 12 nitrogen and oxygen atoms in total. The Balaban J connectivity index is 1.42. The number of nitrogens with zero attached hydrogens (tertiary/aromatic N) is 6. The van der Waals surface area contributed by atoms with Gasteiger partial charge in [-0.3, -0.25) is 14.9 Å². The van der Waals surface area contributed by atoms with Crippen molar-refractivity contribution in [2.24, 2.45) is 5.92 Å². The van der Waals surface area contributed by atoms with E-state index < -0.39 is 18.0 Å². The zero-order valence-corrected chi connectivity index (χ0v) is 14.9. The third kappa shape index (κ3) is 3.75. The quantitative estimate of drug-likeness (QED) is 0.582. The summed E-state index contributed by atoms with van der Waals surface area (Å²) in [7, 11) is 0. The lowest BCUT2D eigenvalue weighted by Gasteiger charge is -2.34. The summed E-state index contributed by atoms with van der Waals surface area (Å²) in [6, 6.07) is 0.476. The Hall–Kier alpha value is -3.57. The number of anilines is 1. The Morgan fingerprint density at radius 2 is 2.07 bits per heavy atom. The largest absolute Gasteiger partial charge is 0.356 e. The summed E-state index contributed by atoms with van der Waals surface area (Å²) in [5.74, 6) is 0.276. The van der Waals surface area contributed by atoms with Gasteiger partial charge in [-0.25, -0.2) is 24.4 Å². The number of nitrogens with one attached hydrogen (secondary N) is 3. The lowest BCUT2D eigenvalue weighted by atomic mass is 9.96. The third-order valence-electron chi connectivity index (χ3n) is 4.74. The van der Waals surface area contributed by atoms with Gasteiger partial charge in [0.1, 0.15) is 30.8 Å². The van der Waals surface area contributed by atoms with E-state index in [1.165, 1.54) is 17.3 Å². The summed E-state index contributed by atoms with van der Waals surface area (Å²) in [6.07, 6.45) is 5.95. The van der Waals surface area contributed by atoms with Gasteiger partial charge in [-0.05, 0) is 12.8 Å². The molecule has 2 aliphatic heterocycles. The summed E-state index contributed by atoms with van der Waals surface area (Å²) in [6.45, 7) is 1.32. The van der Waals surface area contributed by atoms with Crippen LogP contribution >= 0.6 is 0 Å². The van der Waals surface area contributed by atoms with E-state index in [-0.39, 0.29) is 18.4 Å². The molecule has 146 valence electrons. The highest BCUT2D eigenvalue weighted by molar-refractivity contribution is 6.01. The molecule has 0 saturated carbocycles. The number of carbonyl (C=O) groups is 3. The van der Waals surface area contributed by atoms with Crippen LogP contribution in [0.4, 0.5) is 10.6 Å². The van der Waals surface area contributed by atoms with Gasteiger partial charge in [0, 0.05) is 25.7 Å². The van der Waals surface area contributed by atoms with Crippen LogP contribution in [0.3, 0.4) is 0 Å². The fourth-order valence-electron chi connectivity index (χ4n) is 3.30. The average molecular weight is 385 g/mol. The lowest BCUT2D eigenvalue weighted by molar-refractivity contribution is -0.131. The number of urea groups is 1. The number of rotatable bonds is 4. The van der Waals surface area contributed by atoms with Crippen LogP contribution < -0.4 is 20.9 Å². The van der Waals surface area contributed by atoms with Gasteiger partial charge >= 0.3 is 6.03 Å². The zero-order valence-electron chi connectivity index (χ0n) is 14.9. The molecule has 12 heteroatoms. The van der Waals surface area contributed by atoms with E-state index in [1.807, 2.05) is 4.90 Å². The maximum Gasteiger partial charge on any atom is 0.321 e. The normalized spacial score (nSPS) is 22.4. The molecule has 0 aromatic carbocycles. The van der Waals surface area contributed by atoms with E-state index >= 15 is 0 Å². The second-order valence-electron chi connectivity index (χ2n) is 6.62. The molecule has 2 atom stereocenters. The first-order chi connectivity index (χ1) is 13.6. The highest BCUT2D eigenvalue weighted by Crippen LogP contribution is 2.22. The fourth-order valence-corrected chi connectivity index (χ4v) is 3.30. The molecule has 0 aliphatic carbocycles. The molecule has 2 fully saturated rings. The number of imide groups is 1. The van der Waals surface area contributed by atoms with E-state index in [1.54, 1.807) is 12.4 Å². The van der Waals surface area contributed by atoms with E-state index in [0.29, 0.717) is 24.6 Å². The van der Waals surface area contributed by atoms with E-state index in [2.05, 4.69) is 36.0 Å². The van der Waals surface area contributed by atoms with Crippen molar-refractivity contribution in [1.29, 1.82) is 0 Å². The standard InChI is InChI=1S/C16H19N9O3/c26-14(22-11-5-18-16(28)23-15(11)27)10-2-1-3-24(6-10)12-4-13(20-8-19-12)25-9-17-7-21-25/h4,7-11H,1-3,5-6H2,(H,22,26)(H2,18,23,27,28). The van der Waals surface area contributed by atoms with E-state index in [4.69, 9.17) is 0 Å². The number of hydrogen-bond donors (Lipinski definition) is 3. The second-order valence-corrected chi connectivity index (χ2v) is 6.62. The minimum absolute atomic E-state index is 0.0834. The molecule has 0 bridgehead atoms. The molecule has 2 saturated heterocycles. The average Bonchev–Trinajstić information content (AvgIpc) is 3.25. The van der Waals surface area contributed by atoms with Crippen LogP contribution in [0, 0.1) is 5.92 Å². The zero-order chi connectivity index (χ0) is 19.5. The molecular weight excluding hydrogens is 366 g/mol. The number of hydrogen-bond acceptors (Lipinski definition) is 8. The van der Waals surface area contributed by atoms with Crippen LogP contribution in [0.1, 0.15) is 12.8 Å². The Labute approximate surface area is 159 Å². The first kappa shape index (κ1) is 17.8. The summed E-state index contributed by atoms with van der Waals surface area (Å²) in [5, 5.41) is 11.4. The Kier molecular flexibility index (Phi) is 4.83. The number of amides is 4. The topological polar surface area (TPSA) is 147 Å². The van der Waals surface area contributed by atoms with Crippen molar-refractivity contribution >= 4 is 23.7 Å². The van der Waals surface area contributed by atoms with Crippen molar-refractivity contribution in [3.63, 3.8) is 0 Å². The maximum atomic E-state index is 12.6. The molecule has 4 amide bonds. The van der Waals surface area contributed by atoms with E-state index in [0.717, 1.165) is 13.0 Å². The lowest BCUT2D eigenvalue weighted by Crippen LogP contribution is -2.62. The third-order valence-corrected chi connectivity index (χ3v) is 4.74. The molecule has 2 aliphatic rings. The van der Waals surface area contributed by atoms with Gasteiger partial charge in [-0.1, -0.05) is 0 Å². The van der Waals surface area contributed by atoms with Crippen LogP contribution in [0.2, 0.25) is 0 Å². The van der Waals surface area contributed by atoms with E-state index in [9.17, 15) is 14.4 Å². The molecule has 2 aromatic heterocycles. The van der Waals surface area contributed by atoms with Crippen LogP contribution in [-0.2, 0) is 9.59 Å². The van der Waals surface area contributed by atoms with Crippen LogP contribution in [-0.4, -0.2) is 68.3 Å². The van der Waals surface area contributed by atoms with Crippen molar-refractivity contribution in [2.45, 2.75) is 18.9 Å². The first-order valence-corrected chi connectivity index (χ1v) is 8.91. The van der Waals surface area contributed by atoms with Crippen molar-refractivity contribution in [2.75, 3.05) is 24.5 Å². The Bertz CT molecular complexity index is 885. The van der Waals surface area contributed by atoms with Crippen LogP contribution in [0.15, 0.2) is 25.0 Å².